The van der Waals surface area contributed by atoms with Crippen molar-refractivity contribution in [3.63, 3.8) is 0 Å². The third-order valence-corrected chi connectivity index (χ3v) is 4.97. The van der Waals surface area contributed by atoms with Gasteiger partial charge < -0.3 is 16.4 Å². The maximum absolute atomic E-state index is 14.7. The Hall–Kier alpha value is -2.73. The molecule has 136 valence electrons. The minimum Gasteiger partial charge on any atom is -0.366 e. The highest BCUT2D eigenvalue weighted by Gasteiger charge is 2.31. The summed E-state index contributed by atoms with van der Waals surface area (Å²) in [6, 6.07) is 5.11. The predicted molar refractivity (Wildman–Crippen MR) is 102 cm³/mol. The summed E-state index contributed by atoms with van der Waals surface area (Å²) < 4.78 is 14.7. The van der Waals surface area contributed by atoms with Crippen LogP contribution in [0.2, 0.25) is 0 Å². The number of benzene rings is 1. The SMILES string of the molecule is CC1(c2ccc(N/C=C3/C=CC=C(C(N)=O)C3=N)cc2F)CCCNC1. The molecule has 5 N–H and O–H groups in total. The van der Waals surface area contributed by atoms with E-state index < -0.39 is 5.91 Å². The van der Waals surface area contributed by atoms with Crippen molar-refractivity contribution in [1.29, 1.82) is 5.41 Å². The molecular weight excluding hydrogens is 331 g/mol. The van der Waals surface area contributed by atoms with E-state index in [9.17, 15) is 9.18 Å². The second-order valence-corrected chi connectivity index (χ2v) is 6.96. The number of piperidine rings is 1. The number of allylic oxidation sites excluding steroid dienone is 4. The van der Waals surface area contributed by atoms with Crippen LogP contribution in [-0.2, 0) is 10.2 Å². The zero-order valence-electron chi connectivity index (χ0n) is 14.7. The molecule has 1 fully saturated rings. The molecule has 2 aliphatic rings. The van der Waals surface area contributed by atoms with E-state index in [4.69, 9.17) is 11.1 Å². The molecule has 1 unspecified atom stereocenters. The van der Waals surface area contributed by atoms with Crippen molar-refractivity contribution >= 4 is 17.3 Å². The Morgan fingerprint density at radius 2 is 2.27 bits per heavy atom. The van der Waals surface area contributed by atoms with Gasteiger partial charge in [-0.1, -0.05) is 25.1 Å². The molecule has 1 saturated heterocycles. The van der Waals surface area contributed by atoms with Gasteiger partial charge in [0.2, 0.25) is 0 Å². The normalized spacial score (nSPS) is 24.5. The highest BCUT2D eigenvalue weighted by atomic mass is 19.1. The summed E-state index contributed by atoms with van der Waals surface area (Å²) in [5.41, 5.74) is 7.07. The minimum atomic E-state index is -0.644. The lowest BCUT2D eigenvalue weighted by atomic mass is 9.76. The van der Waals surface area contributed by atoms with E-state index in [1.165, 1.54) is 12.1 Å². The van der Waals surface area contributed by atoms with Gasteiger partial charge in [0.1, 0.15) is 5.82 Å². The Morgan fingerprint density at radius 1 is 1.46 bits per heavy atom. The monoisotopic (exact) mass is 354 g/mol. The molecule has 0 radical (unpaired) electrons. The average Bonchev–Trinajstić information content (AvgIpc) is 2.61. The van der Waals surface area contributed by atoms with E-state index in [0.717, 1.165) is 25.9 Å². The molecule has 6 heteroatoms. The molecule has 1 aliphatic heterocycles. The van der Waals surface area contributed by atoms with Crippen LogP contribution >= 0.6 is 0 Å². The quantitative estimate of drug-likeness (QED) is 0.670. The third kappa shape index (κ3) is 3.60. The highest BCUT2D eigenvalue weighted by molar-refractivity contribution is 6.28. The number of carbonyl (C=O) groups is 1. The van der Waals surface area contributed by atoms with E-state index >= 15 is 0 Å². The van der Waals surface area contributed by atoms with Crippen LogP contribution in [0.15, 0.2) is 53.8 Å². The fraction of sp³-hybridized carbons (Fsp3) is 0.300. The number of nitrogens with one attached hydrogen (secondary N) is 3. The maximum atomic E-state index is 14.7. The number of halogens is 1. The van der Waals surface area contributed by atoms with Crippen molar-refractivity contribution in [3.05, 3.63) is 65.2 Å². The van der Waals surface area contributed by atoms with Gasteiger partial charge in [-0.2, -0.15) is 0 Å². The second kappa shape index (κ2) is 7.25. The Bertz CT molecular complexity index is 832. The van der Waals surface area contributed by atoms with Crippen molar-refractivity contribution in [3.8, 4) is 0 Å². The van der Waals surface area contributed by atoms with E-state index in [2.05, 4.69) is 17.6 Å². The molecule has 1 atom stereocenters. The molecule has 1 heterocycles. The van der Waals surface area contributed by atoms with Gasteiger partial charge in [0.15, 0.2) is 0 Å². The first-order valence-corrected chi connectivity index (χ1v) is 8.66. The highest BCUT2D eigenvalue weighted by Crippen LogP contribution is 2.33. The predicted octanol–water partition coefficient (Wildman–Crippen LogP) is 2.76. The van der Waals surface area contributed by atoms with Crippen molar-refractivity contribution in [2.75, 3.05) is 18.4 Å². The van der Waals surface area contributed by atoms with Crippen LogP contribution in [0.3, 0.4) is 0 Å². The first-order chi connectivity index (χ1) is 12.4. The van der Waals surface area contributed by atoms with Gasteiger partial charge >= 0.3 is 0 Å². The number of amides is 1. The van der Waals surface area contributed by atoms with Crippen LogP contribution in [0, 0.1) is 11.2 Å². The first kappa shape index (κ1) is 18.1. The maximum Gasteiger partial charge on any atom is 0.250 e. The Balaban J connectivity index is 1.77. The zero-order valence-corrected chi connectivity index (χ0v) is 14.7. The second-order valence-electron chi connectivity index (χ2n) is 6.96. The van der Waals surface area contributed by atoms with Crippen LogP contribution in [0.25, 0.3) is 0 Å². The molecule has 1 aromatic rings. The van der Waals surface area contributed by atoms with Crippen LogP contribution in [-0.4, -0.2) is 24.7 Å². The molecule has 0 saturated carbocycles. The zero-order chi connectivity index (χ0) is 18.7. The van der Waals surface area contributed by atoms with E-state index in [1.807, 2.05) is 12.1 Å². The number of hydrogen-bond acceptors (Lipinski definition) is 4. The summed E-state index contributed by atoms with van der Waals surface area (Å²) in [7, 11) is 0. The summed E-state index contributed by atoms with van der Waals surface area (Å²) in [4.78, 5) is 11.3. The number of rotatable bonds is 4. The number of carbonyl (C=O) groups excluding carboxylic acids is 1. The van der Waals surface area contributed by atoms with Gasteiger partial charge in [0, 0.05) is 29.4 Å². The lowest BCUT2D eigenvalue weighted by Gasteiger charge is -2.35. The molecule has 3 rings (SSSR count). The van der Waals surface area contributed by atoms with Crippen LogP contribution in [0.4, 0.5) is 10.1 Å². The van der Waals surface area contributed by atoms with Crippen molar-refractivity contribution < 1.29 is 9.18 Å². The van der Waals surface area contributed by atoms with Gasteiger partial charge in [-0.15, -0.1) is 0 Å². The minimum absolute atomic E-state index is 0.0467. The number of hydrogen-bond donors (Lipinski definition) is 4. The molecule has 26 heavy (non-hydrogen) atoms. The van der Waals surface area contributed by atoms with Crippen molar-refractivity contribution in [2.45, 2.75) is 25.2 Å². The van der Waals surface area contributed by atoms with E-state index in [0.29, 0.717) is 16.8 Å². The van der Waals surface area contributed by atoms with Crippen LogP contribution in [0.5, 0.6) is 0 Å². The largest absolute Gasteiger partial charge is 0.366 e. The van der Waals surface area contributed by atoms with Crippen molar-refractivity contribution in [2.24, 2.45) is 5.73 Å². The fourth-order valence-corrected chi connectivity index (χ4v) is 3.44. The summed E-state index contributed by atoms with van der Waals surface area (Å²) in [6.45, 7) is 3.83. The van der Waals surface area contributed by atoms with Gasteiger partial charge in [0.25, 0.3) is 5.91 Å². The topological polar surface area (TPSA) is 91.0 Å². The Labute approximate surface area is 152 Å². The molecule has 1 amide bonds. The molecule has 1 aromatic carbocycles. The Kier molecular flexibility index (Phi) is 5.04. The van der Waals surface area contributed by atoms with Gasteiger partial charge in [0.05, 0.1) is 11.3 Å². The summed E-state index contributed by atoms with van der Waals surface area (Å²) >= 11 is 0. The van der Waals surface area contributed by atoms with Gasteiger partial charge in [-0.05, 0) is 43.2 Å². The van der Waals surface area contributed by atoms with Gasteiger partial charge in [-0.25, -0.2) is 4.39 Å². The summed E-state index contributed by atoms with van der Waals surface area (Å²) in [5.74, 6) is -0.887. The number of primary amides is 1. The van der Waals surface area contributed by atoms with E-state index in [-0.39, 0.29) is 22.5 Å². The van der Waals surface area contributed by atoms with Gasteiger partial charge in [-0.3, -0.25) is 10.2 Å². The Morgan fingerprint density at radius 3 is 2.92 bits per heavy atom. The number of nitrogens with two attached hydrogens (primary N) is 1. The number of anilines is 1. The molecule has 0 spiro atoms. The summed E-state index contributed by atoms with van der Waals surface area (Å²) in [6.07, 6.45) is 8.43. The van der Waals surface area contributed by atoms with Crippen molar-refractivity contribution in [1.82, 2.24) is 5.32 Å². The summed E-state index contributed by atoms with van der Waals surface area (Å²) in [5, 5.41) is 14.4. The fourth-order valence-electron chi connectivity index (χ4n) is 3.44. The molecule has 0 bridgehead atoms. The standard InChI is InChI=1S/C20H23FN4O/c1-20(8-3-9-24-12-20)16-7-6-14(10-17(16)21)25-11-13-4-2-5-15(18(13)22)19(23)26/h2,4-7,10-11,22,24-25H,3,8-9,12H2,1H3,(H2,23,26)/b13-11-,22-18?. The molecule has 5 nitrogen and oxygen atoms in total. The molecule has 0 aromatic heterocycles. The van der Waals surface area contributed by atoms with Crippen LogP contribution in [0.1, 0.15) is 25.3 Å². The van der Waals surface area contributed by atoms with E-state index in [1.54, 1.807) is 18.4 Å². The molecular formula is C20H23FN4O. The van der Waals surface area contributed by atoms with Crippen LogP contribution < -0.4 is 16.4 Å². The third-order valence-electron chi connectivity index (χ3n) is 4.97. The lowest BCUT2D eigenvalue weighted by molar-refractivity contribution is -0.114. The average molecular weight is 354 g/mol. The first-order valence-electron chi connectivity index (χ1n) is 8.66. The molecule has 1 aliphatic carbocycles. The lowest BCUT2D eigenvalue weighted by Crippen LogP contribution is -2.41. The smallest absolute Gasteiger partial charge is 0.250 e.